The summed E-state index contributed by atoms with van der Waals surface area (Å²) in [6.45, 7) is 1.60. The highest BCUT2D eigenvalue weighted by Gasteiger charge is 2.39. The zero-order valence-corrected chi connectivity index (χ0v) is 24.0. The van der Waals surface area contributed by atoms with Gasteiger partial charge in [-0.05, 0) is 59.9 Å². The molecule has 1 heterocycles. The molecule has 1 saturated heterocycles. The van der Waals surface area contributed by atoms with E-state index in [9.17, 15) is 36.2 Å². The average Bonchev–Trinajstić information content (AvgIpc) is 2.94. The largest absolute Gasteiger partial charge is 0.416 e. The average molecular weight is 633 g/mol. The van der Waals surface area contributed by atoms with Crippen molar-refractivity contribution < 1.29 is 36.2 Å². The van der Waals surface area contributed by atoms with E-state index in [1.165, 1.54) is 30.1 Å². The van der Waals surface area contributed by atoms with Gasteiger partial charge in [-0.2, -0.15) is 26.3 Å². The van der Waals surface area contributed by atoms with Gasteiger partial charge in [0.05, 0.1) is 32.7 Å². The third-order valence-electron chi connectivity index (χ3n) is 7.59. The molecule has 1 aliphatic heterocycles. The molecular formula is C30H28Cl2F6N2O2. The van der Waals surface area contributed by atoms with Gasteiger partial charge in [-0.15, -0.1) is 0 Å². The van der Waals surface area contributed by atoms with Crippen molar-refractivity contribution in [3.63, 3.8) is 0 Å². The second-order valence-electron chi connectivity index (χ2n) is 10.4. The SMILES string of the molecule is CN(CCN1CCC(O)(c2ccccc2)CC1)C(=O)C(c1cc(C(F)(F)F)cc(C(F)(F)F)c1)c1ccc(Cl)c(Cl)c1. The molecule has 42 heavy (non-hydrogen) atoms. The number of halogens is 8. The molecule has 0 spiro atoms. The normalized spacial score (nSPS) is 16.7. The molecule has 4 rings (SSSR count). The standard InChI is InChI=1S/C30H28Cl2F6N2O2/c1-39(13-14-40-11-9-28(42,10-12-40)21-5-3-2-4-6-21)27(41)26(19-7-8-24(31)25(32)17-19)20-15-22(29(33,34)35)18-23(16-20)30(36,37)38/h2-8,15-18,26,42H,9-14H2,1H3. The topological polar surface area (TPSA) is 43.8 Å². The molecule has 0 aliphatic carbocycles. The van der Waals surface area contributed by atoms with E-state index in [1.807, 2.05) is 35.2 Å². The Hall–Kier alpha value is -2.79. The molecule has 1 fully saturated rings. The van der Waals surface area contributed by atoms with Crippen molar-refractivity contribution >= 4 is 29.1 Å². The number of likely N-dealkylation sites (tertiary alicyclic amines) is 1. The number of aliphatic hydroxyl groups is 1. The highest BCUT2D eigenvalue weighted by atomic mass is 35.5. The van der Waals surface area contributed by atoms with E-state index in [4.69, 9.17) is 23.2 Å². The Labute approximate surface area is 249 Å². The van der Waals surface area contributed by atoms with Crippen molar-refractivity contribution in [2.24, 2.45) is 0 Å². The molecular weight excluding hydrogens is 605 g/mol. The minimum Gasteiger partial charge on any atom is -0.385 e. The fraction of sp³-hybridized carbons (Fsp3) is 0.367. The lowest BCUT2D eigenvalue weighted by atomic mass is 9.84. The first-order chi connectivity index (χ1) is 19.6. The number of rotatable bonds is 7. The van der Waals surface area contributed by atoms with E-state index in [2.05, 4.69) is 0 Å². The van der Waals surface area contributed by atoms with Gasteiger partial charge in [-0.1, -0.05) is 59.6 Å². The van der Waals surface area contributed by atoms with Crippen LogP contribution >= 0.6 is 23.2 Å². The molecule has 3 aromatic carbocycles. The Morgan fingerprint density at radius 2 is 1.45 bits per heavy atom. The first kappa shape index (κ1) is 32.1. The molecule has 3 aromatic rings. The Balaban J connectivity index is 1.58. The minimum atomic E-state index is -5.08. The van der Waals surface area contributed by atoms with E-state index in [-0.39, 0.29) is 28.2 Å². The van der Waals surface area contributed by atoms with Crippen molar-refractivity contribution in [2.75, 3.05) is 33.2 Å². The van der Waals surface area contributed by atoms with Crippen LogP contribution in [0.1, 0.15) is 46.6 Å². The number of hydrogen-bond acceptors (Lipinski definition) is 3. The van der Waals surface area contributed by atoms with E-state index >= 15 is 0 Å². The Morgan fingerprint density at radius 1 is 0.881 bits per heavy atom. The molecule has 1 amide bonds. The molecule has 1 unspecified atom stereocenters. The van der Waals surface area contributed by atoms with Crippen molar-refractivity contribution in [3.8, 4) is 0 Å². The zero-order valence-electron chi connectivity index (χ0n) is 22.4. The van der Waals surface area contributed by atoms with Crippen LogP contribution in [0.5, 0.6) is 0 Å². The molecule has 0 bridgehead atoms. The zero-order chi connectivity index (χ0) is 30.9. The number of carbonyl (C=O) groups excluding carboxylic acids is 1. The van der Waals surface area contributed by atoms with Crippen LogP contribution in [0.3, 0.4) is 0 Å². The van der Waals surface area contributed by atoms with E-state index in [0.29, 0.717) is 44.6 Å². The Bertz CT molecular complexity index is 1370. The summed E-state index contributed by atoms with van der Waals surface area (Å²) in [7, 11) is 1.44. The van der Waals surface area contributed by atoms with Gasteiger partial charge >= 0.3 is 12.4 Å². The monoisotopic (exact) mass is 632 g/mol. The molecule has 0 aromatic heterocycles. The Kier molecular flexibility index (Phi) is 9.52. The van der Waals surface area contributed by atoms with E-state index < -0.39 is 46.5 Å². The fourth-order valence-electron chi connectivity index (χ4n) is 5.12. The van der Waals surface area contributed by atoms with Gasteiger partial charge in [-0.25, -0.2) is 0 Å². The van der Waals surface area contributed by atoms with Gasteiger partial charge in [-0.3, -0.25) is 4.79 Å². The quantitative estimate of drug-likeness (QED) is 0.273. The van der Waals surface area contributed by atoms with E-state index in [1.54, 1.807) is 0 Å². The van der Waals surface area contributed by atoms with Crippen LogP contribution in [0.2, 0.25) is 10.0 Å². The van der Waals surface area contributed by atoms with Crippen molar-refractivity contribution in [2.45, 2.75) is 36.7 Å². The van der Waals surface area contributed by atoms with Gasteiger partial charge in [0.25, 0.3) is 0 Å². The third kappa shape index (κ3) is 7.40. The summed E-state index contributed by atoms with van der Waals surface area (Å²) in [5.74, 6) is -2.23. The second-order valence-corrected chi connectivity index (χ2v) is 11.3. The van der Waals surface area contributed by atoms with Crippen LogP contribution < -0.4 is 0 Å². The van der Waals surface area contributed by atoms with Gasteiger partial charge in [0.2, 0.25) is 5.91 Å². The van der Waals surface area contributed by atoms with Gasteiger partial charge in [0.15, 0.2) is 0 Å². The summed E-state index contributed by atoms with van der Waals surface area (Å²) in [5.41, 5.74) is -3.57. The summed E-state index contributed by atoms with van der Waals surface area (Å²) >= 11 is 12.1. The predicted molar refractivity (Wildman–Crippen MR) is 148 cm³/mol. The lowest BCUT2D eigenvalue weighted by Gasteiger charge is -2.39. The third-order valence-corrected chi connectivity index (χ3v) is 8.33. The number of nitrogens with zero attached hydrogens (tertiary/aromatic N) is 2. The molecule has 1 aliphatic rings. The number of amides is 1. The van der Waals surface area contributed by atoms with Gasteiger partial charge in [0, 0.05) is 33.2 Å². The van der Waals surface area contributed by atoms with Crippen molar-refractivity contribution in [1.29, 1.82) is 0 Å². The lowest BCUT2D eigenvalue weighted by Crippen LogP contribution is -2.45. The molecule has 0 radical (unpaired) electrons. The summed E-state index contributed by atoms with van der Waals surface area (Å²) in [6, 6.07) is 14.4. The first-order valence-corrected chi connectivity index (χ1v) is 13.8. The Morgan fingerprint density at radius 3 is 1.98 bits per heavy atom. The van der Waals surface area contributed by atoms with Gasteiger partial charge < -0.3 is 14.9 Å². The summed E-state index contributed by atoms with van der Waals surface area (Å²) in [4.78, 5) is 17.1. The number of alkyl halides is 6. The van der Waals surface area contributed by atoms with E-state index in [0.717, 1.165) is 5.56 Å². The molecule has 226 valence electrons. The van der Waals surface area contributed by atoms with Crippen molar-refractivity contribution in [3.05, 3.63) is 105 Å². The molecule has 1 N–H and O–H groups in total. The number of hydrogen-bond donors (Lipinski definition) is 1. The minimum absolute atomic E-state index is 0.00291. The molecule has 4 nitrogen and oxygen atoms in total. The van der Waals surface area contributed by atoms with Crippen LogP contribution in [-0.4, -0.2) is 54.0 Å². The fourth-order valence-corrected chi connectivity index (χ4v) is 5.43. The van der Waals surface area contributed by atoms with Crippen LogP contribution in [-0.2, 0) is 22.7 Å². The number of benzene rings is 3. The lowest BCUT2D eigenvalue weighted by molar-refractivity contribution is -0.143. The highest BCUT2D eigenvalue weighted by molar-refractivity contribution is 6.42. The molecule has 0 saturated carbocycles. The van der Waals surface area contributed by atoms with Crippen LogP contribution in [0.4, 0.5) is 26.3 Å². The molecule has 1 atom stereocenters. The first-order valence-electron chi connectivity index (χ1n) is 13.1. The second kappa shape index (κ2) is 12.4. The van der Waals surface area contributed by atoms with Crippen LogP contribution in [0.15, 0.2) is 66.7 Å². The maximum absolute atomic E-state index is 13.8. The molecule has 12 heteroatoms. The summed E-state index contributed by atoms with van der Waals surface area (Å²) in [5, 5.41) is 11.2. The van der Waals surface area contributed by atoms with Crippen LogP contribution in [0.25, 0.3) is 0 Å². The highest BCUT2D eigenvalue weighted by Crippen LogP contribution is 2.40. The maximum Gasteiger partial charge on any atom is 0.416 e. The maximum atomic E-state index is 13.8. The number of carbonyl (C=O) groups is 1. The summed E-state index contributed by atoms with van der Waals surface area (Å²) in [6.07, 6.45) is -9.23. The van der Waals surface area contributed by atoms with Crippen molar-refractivity contribution in [1.82, 2.24) is 9.80 Å². The summed E-state index contributed by atoms with van der Waals surface area (Å²) < 4.78 is 81.9. The number of likely N-dealkylation sites (N-methyl/N-ethyl adjacent to an activating group) is 1. The smallest absolute Gasteiger partial charge is 0.385 e. The van der Waals surface area contributed by atoms with Gasteiger partial charge in [0.1, 0.15) is 0 Å². The number of piperidine rings is 1. The van der Waals surface area contributed by atoms with Crippen LogP contribution in [0, 0.1) is 0 Å². The predicted octanol–water partition coefficient (Wildman–Crippen LogP) is 7.60.